The molecule has 2 unspecified atom stereocenters. The molecule has 3 heterocycles. The molecule has 3 aromatic rings. The lowest BCUT2D eigenvalue weighted by atomic mass is 9.52. The third kappa shape index (κ3) is 3.63. The van der Waals surface area contributed by atoms with E-state index in [2.05, 4.69) is 31.7 Å². The topological polar surface area (TPSA) is 95.8 Å². The van der Waals surface area contributed by atoms with Crippen molar-refractivity contribution in [3.63, 3.8) is 0 Å². The number of nitrogens with one attached hydrogen (secondary N) is 2. The number of hydrogen-bond donors (Lipinski definition) is 3. The van der Waals surface area contributed by atoms with Crippen molar-refractivity contribution in [3.8, 4) is 11.3 Å². The van der Waals surface area contributed by atoms with E-state index < -0.39 is 5.60 Å². The van der Waals surface area contributed by atoms with E-state index in [0.717, 1.165) is 42.2 Å². The highest BCUT2D eigenvalue weighted by molar-refractivity contribution is 5.65. The maximum atomic E-state index is 10.8. The van der Waals surface area contributed by atoms with Crippen LogP contribution in [0.3, 0.4) is 0 Å². The third-order valence-corrected chi connectivity index (χ3v) is 7.18. The summed E-state index contributed by atoms with van der Waals surface area (Å²) in [5, 5.41) is 17.8. The fraction of sp³-hybridized carbons (Fsp3) is 0.417. The number of hydrogen-bond acceptors (Lipinski definition) is 7. The minimum Gasteiger partial charge on any atom is -0.390 e. The smallest absolute Gasteiger partial charge is 0.150 e. The van der Waals surface area contributed by atoms with Crippen molar-refractivity contribution in [2.24, 2.45) is 17.8 Å². The Morgan fingerprint density at radius 1 is 0.903 bits per heavy atom. The number of aliphatic hydroxyl groups is 1. The number of rotatable bonds is 5. The van der Waals surface area contributed by atoms with Gasteiger partial charge in [0.05, 0.1) is 17.5 Å². The highest BCUT2D eigenvalue weighted by atomic mass is 16.3. The van der Waals surface area contributed by atoms with Gasteiger partial charge in [-0.05, 0) is 74.1 Å². The summed E-state index contributed by atoms with van der Waals surface area (Å²) in [4.78, 5) is 17.7. The Morgan fingerprint density at radius 2 is 1.74 bits per heavy atom. The molecule has 7 nitrogen and oxygen atoms in total. The zero-order chi connectivity index (χ0) is 20.8. The average molecular weight is 415 g/mol. The fourth-order valence-electron chi connectivity index (χ4n) is 6.22. The molecule has 4 aliphatic carbocycles. The van der Waals surface area contributed by atoms with Gasteiger partial charge >= 0.3 is 0 Å². The lowest BCUT2D eigenvalue weighted by molar-refractivity contribution is -0.129. The van der Waals surface area contributed by atoms with Gasteiger partial charge in [-0.25, -0.2) is 15.0 Å². The number of aromatic nitrogens is 4. The molecule has 0 spiro atoms. The monoisotopic (exact) mass is 414 g/mol. The van der Waals surface area contributed by atoms with E-state index in [1.807, 2.05) is 30.5 Å². The number of nitrogens with zero attached hydrogens (tertiary/aromatic N) is 4. The van der Waals surface area contributed by atoms with E-state index in [1.165, 1.54) is 12.8 Å². The summed E-state index contributed by atoms with van der Waals surface area (Å²) in [6.45, 7) is 0. The summed E-state index contributed by atoms with van der Waals surface area (Å²) >= 11 is 0. The predicted molar refractivity (Wildman–Crippen MR) is 119 cm³/mol. The van der Waals surface area contributed by atoms with E-state index in [1.54, 1.807) is 18.6 Å². The van der Waals surface area contributed by atoms with Gasteiger partial charge in [-0.1, -0.05) is 6.07 Å². The van der Waals surface area contributed by atoms with Gasteiger partial charge in [0.2, 0.25) is 0 Å². The zero-order valence-electron chi connectivity index (χ0n) is 17.3. The van der Waals surface area contributed by atoms with E-state index in [-0.39, 0.29) is 0 Å². The largest absolute Gasteiger partial charge is 0.390 e. The van der Waals surface area contributed by atoms with Crippen molar-refractivity contribution >= 4 is 17.5 Å². The lowest BCUT2D eigenvalue weighted by Gasteiger charge is -2.58. The first-order chi connectivity index (χ1) is 15.1. The molecule has 3 N–H and O–H groups in total. The van der Waals surface area contributed by atoms with Crippen molar-refractivity contribution in [1.29, 1.82) is 0 Å². The quantitative estimate of drug-likeness (QED) is 0.580. The second kappa shape index (κ2) is 7.27. The van der Waals surface area contributed by atoms with E-state index in [9.17, 15) is 5.11 Å². The summed E-state index contributed by atoms with van der Waals surface area (Å²) in [7, 11) is 0. The van der Waals surface area contributed by atoms with Gasteiger partial charge in [-0.2, -0.15) is 0 Å². The Hall–Kier alpha value is -3.06. The van der Waals surface area contributed by atoms with Crippen LogP contribution < -0.4 is 10.6 Å². The molecular formula is C24H26N6O. The van der Waals surface area contributed by atoms with Crippen molar-refractivity contribution in [1.82, 2.24) is 19.9 Å². The number of anilines is 3. The minimum atomic E-state index is -0.412. The molecule has 0 amide bonds. The molecule has 158 valence electrons. The van der Waals surface area contributed by atoms with Gasteiger partial charge in [0.25, 0.3) is 0 Å². The molecule has 4 aliphatic rings. The van der Waals surface area contributed by atoms with Crippen LogP contribution in [0, 0.1) is 17.8 Å². The van der Waals surface area contributed by atoms with Gasteiger partial charge in [0.15, 0.2) is 0 Å². The van der Waals surface area contributed by atoms with E-state index in [4.69, 9.17) is 4.98 Å². The van der Waals surface area contributed by atoms with E-state index in [0.29, 0.717) is 29.6 Å². The SMILES string of the molecule is OC12CC3CC(C1)C(Nc1cc(-c4cccc(Nc5cnccn5)n4)ccn1)C(C3)C2. The molecule has 7 heteroatoms. The maximum Gasteiger partial charge on any atom is 0.150 e. The summed E-state index contributed by atoms with van der Waals surface area (Å²) in [5.41, 5.74) is 1.48. The standard InChI is InChI=1S/C24H26N6O/c31-24-11-15-8-17(12-24)23(18(9-15)13-24)30-21-10-16(4-5-26-21)19-2-1-3-20(28-19)29-22-14-25-6-7-27-22/h1-7,10,14-15,17-18,23,31H,8-9,11-13H2,(H,26,30)(H,27,28,29). The summed E-state index contributed by atoms with van der Waals surface area (Å²) in [5.74, 6) is 4.05. The molecule has 2 atom stereocenters. The highest BCUT2D eigenvalue weighted by Crippen LogP contribution is 2.56. The first-order valence-electron chi connectivity index (χ1n) is 11.1. The summed E-state index contributed by atoms with van der Waals surface area (Å²) in [6, 6.07) is 10.4. The average Bonchev–Trinajstić information content (AvgIpc) is 2.76. The van der Waals surface area contributed by atoms with Crippen molar-refractivity contribution in [2.75, 3.05) is 10.6 Å². The minimum absolute atomic E-state index is 0.400. The molecule has 0 saturated heterocycles. The van der Waals surface area contributed by atoms with Gasteiger partial charge < -0.3 is 15.7 Å². The molecule has 0 radical (unpaired) electrons. The summed E-state index contributed by atoms with van der Waals surface area (Å²) in [6.07, 6.45) is 12.1. The van der Waals surface area contributed by atoms with Crippen LogP contribution in [0.2, 0.25) is 0 Å². The van der Waals surface area contributed by atoms with Crippen LogP contribution in [0.15, 0.2) is 55.1 Å². The summed E-state index contributed by atoms with van der Waals surface area (Å²) < 4.78 is 0. The van der Waals surface area contributed by atoms with Crippen LogP contribution in [0.5, 0.6) is 0 Å². The van der Waals surface area contributed by atoms with Crippen LogP contribution in [0.25, 0.3) is 11.3 Å². The van der Waals surface area contributed by atoms with Crippen LogP contribution in [0.1, 0.15) is 32.1 Å². The molecule has 4 fully saturated rings. The molecule has 0 aromatic carbocycles. The first kappa shape index (κ1) is 18.7. The molecule has 3 aromatic heterocycles. The van der Waals surface area contributed by atoms with Crippen molar-refractivity contribution in [2.45, 2.75) is 43.7 Å². The van der Waals surface area contributed by atoms with Crippen LogP contribution in [0.4, 0.5) is 17.5 Å². The van der Waals surface area contributed by atoms with E-state index >= 15 is 0 Å². The van der Waals surface area contributed by atoms with Crippen molar-refractivity contribution in [3.05, 3.63) is 55.1 Å². The van der Waals surface area contributed by atoms with Gasteiger partial charge in [0, 0.05) is 30.2 Å². The molecule has 0 aliphatic heterocycles. The van der Waals surface area contributed by atoms with Gasteiger partial charge in [0.1, 0.15) is 17.5 Å². The number of pyridine rings is 2. The lowest BCUT2D eigenvalue weighted by Crippen LogP contribution is -2.59. The second-order valence-corrected chi connectivity index (χ2v) is 9.42. The van der Waals surface area contributed by atoms with Crippen LogP contribution in [-0.2, 0) is 0 Å². The Bertz CT molecular complexity index is 1070. The van der Waals surface area contributed by atoms with Crippen LogP contribution in [-0.4, -0.2) is 36.7 Å². The van der Waals surface area contributed by atoms with Gasteiger partial charge in [-0.15, -0.1) is 0 Å². The predicted octanol–water partition coefficient (Wildman–Crippen LogP) is 4.03. The molecule has 4 bridgehead atoms. The zero-order valence-corrected chi connectivity index (χ0v) is 17.3. The Kier molecular flexibility index (Phi) is 4.38. The maximum absolute atomic E-state index is 10.8. The molecule has 31 heavy (non-hydrogen) atoms. The molecular weight excluding hydrogens is 388 g/mol. The Morgan fingerprint density at radius 3 is 2.52 bits per heavy atom. The van der Waals surface area contributed by atoms with Crippen LogP contribution >= 0.6 is 0 Å². The molecule has 7 rings (SSSR count). The molecule has 4 saturated carbocycles. The first-order valence-corrected chi connectivity index (χ1v) is 11.1. The van der Waals surface area contributed by atoms with Gasteiger partial charge in [-0.3, -0.25) is 4.98 Å². The van der Waals surface area contributed by atoms with Crippen molar-refractivity contribution < 1.29 is 5.11 Å². The Labute approximate surface area is 181 Å². The second-order valence-electron chi connectivity index (χ2n) is 9.42. The highest BCUT2D eigenvalue weighted by Gasteiger charge is 2.54. The third-order valence-electron chi connectivity index (χ3n) is 7.18. The fourth-order valence-corrected chi connectivity index (χ4v) is 6.22. The normalized spacial score (nSPS) is 30.9. The Balaban J connectivity index is 1.21.